The van der Waals surface area contributed by atoms with Gasteiger partial charge in [0.15, 0.2) is 0 Å². The number of esters is 6. The van der Waals surface area contributed by atoms with E-state index in [0.29, 0.717) is 25.7 Å². The molecule has 12 heteroatoms. The van der Waals surface area contributed by atoms with Crippen LogP contribution in [0.25, 0.3) is 0 Å². The first-order valence-corrected chi connectivity index (χ1v) is 16.4. The molecule has 262 valence electrons. The summed E-state index contributed by atoms with van der Waals surface area (Å²) in [4.78, 5) is 76.4. The summed E-state index contributed by atoms with van der Waals surface area (Å²) in [5.41, 5.74) is -0.530. The van der Waals surface area contributed by atoms with Crippen LogP contribution in [-0.2, 0) is 57.2 Å². The maximum absolute atomic E-state index is 13.3. The molecule has 0 aromatic rings. The Morgan fingerprint density at radius 1 is 0.522 bits per heavy atom. The van der Waals surface area contributed by atoms with Crippen LogP contribution in [0.5, 0.6) is 0 Å². The predicted molar refractivity (Wildman–Crippen MR) is 169 cm³/mol. The second-order valence-corrected chi connectivity index (χ2v) is 10.8. The zero-order valence-corrected chi connectivity index (χ0v) is 28.4. The smallest absolute Gasteiger partial charge is 0.334 e. The lowest BCUT2D eigenvalue weighted by molar-refractivity contribution is -0.166. The minimum atomic E-state index is -1.39. The SMILES string of the molecule is C=C(C(=O)OCCCC)C(CC(=O)OCCCC)C(=O)OCC(CC)OC(=O)C(CC(=O)OCCCC)C(=C)C(=O)OCCCC. The average molecular weight is 655 g/mol. The summed E-state index contributed by atoms with van der Waals surface area (Å²) >= 11 is 0. The standard InChI is InChI=1S/C34H54O12/c1-8-13-17-41-29(35)21-27(24(6)31(37)43-19-15-10-3)33(39)45-23-26(12-5)46-34(40)28(22-30(36)42-18-14-9-2)25(7)32(38)44-20-16-11-4/h26-28H,6-23H2,1-5H3. The van der Waals surface area contributed by atoms with Gasteiger partial charge < -0.3 is 28.4 Å². The number of rotatable bonds is 26. The van der Waals surface area contributed by atoms with E-state index in [4.69, 9.17) is 28.4 Å². The quantitative estimate of drug-likeness (QED) is 0.0510. The van der Waals surface area contributed by atoms with E-state index in [9.17, 15) is 28.8 Å². The maximum Gasteiger partial charge on any atom is 0.334 e. The Kier molecular flexibility index (Phi) is 23.4. The van der Waals surface area contributed by atoms with Crippen molar-refractivity contribution in [2.45, 2.75) is 111 Å². The fraction of sp³-hybridized carbons (Fsp3) is 0.706. The average Bonchev–Trinajstić information content (AvgIpc) is 3.03. The molecule has 0 aliphatic heterocycles. The fourth-order valence-corrected chi connectivity index (χ4v) is 3.66. The molecule has 0 aliphatic rings. The minimum absolute atomic E-state index is 0.120. The highest BCUT2D eigenvalue weighted by Crippen LogP contribution is 2.22. The molecule has 0 rings (SSSR count). The van der Waals surface area contributed by atoms with Crippen molar-refractivity contribution in [2.75, 3.05) is 33.0 Å². The summed E-state index contributed by atoms with van der Waals surface area (Å²) in [5, 5.41) is 0. The molecule has 46 heavy (non-hydrogen) atoms. The lowest BCUT2D eigenvalue weighted by Crippen LogP contribution is -2.34. The highest BCUT2D eigenvalue weighted by Gasteiger charge is 2.35. The molecule has 3 atom stereocenters. The first kappa shape index (κ1) is 42.3. The summed E-state index contributed by atoms with van der Waals surface area (Å²) in [6.45, 7) is 16.8. The van der Waals surface area contributed by atoms with Gasteiger partial charge in [-0.25, -0.2) is 9.59 Å². The van der Waals surface area contributed by atoms with Crippen LogP contribution in [0.15, 0.2) is 24.3 Å². The van der Waals surface area contributed by atoms with Crippen molar-refractivity contribution >= 4 is 35.8 Å². The molecule has 0 saturated carbocycles. The predicted octanol–water partition coefficient (Wildman–Crippen LogP) is 5.35. The van der Waals surface area contributed by atoms with Crippen molar-refractivity contribution in [3.8, 4) is 0 Å². The molecule has 0 aromatic carbocycles. The topological polar surface area (TPSA) is 158 Å². The van der Waals surface area contributed by atoms with E-state index < -0.39 is 73.2 Å². The number of hydrogen-bond donors (Lipinski definition) is 0. The molecular weight excluding hydrogens is 600 g/mol. The van der Waals surface area contributed by atoms with Crippen LogP contribution in [0.1, 0.15) is 105 Å². The lowest BCUT2D eigenvalue weighted by Gasteiger charge is -2.23. The number of ether oxygens (including phenoxy) is 6. The summed E-state index contributed by atoms with van der Waals surface area (Å²) in [6.07, 6.45) is 3.81. The van der Waals surface area contributed by atoms with Crippen LogP contribution in [0.2, 0.25) is 0 Å². The maximum atomic E-state index is 13.3. The van der Waals surface area contributed by atoms with E-state index in [-0.39, 0.29) is 44.0 Å². The summed E-state index contributed by atoms with van der Waals surface area (Å²) < 4.78 is 31.6. The molecule has 0 saturated heterocycles. The molecule has 0 heterocycles. The fourth-order valence-electron chi connectivity index (χ4n) is 3.66. The third-order valence-corrected chi connectivity index (χ3v) is 6.81. The molecule has 0 amide bonds. The Morgan fingerprint density at radius 2 is 0.891 bits per heavy atom. The molecule has 0 N–H and O–H groups in total. The normalized spacial score (nSPS) is 12.5. The third-order valence-electron chi connectivity index (χ3n) is 6.81. The number of unbranched alkanes of at least 4 members (excludes halogenated alkanes) is 4. The second kappa shape index (κ2) is 25.5. The Balaban J connectivity index is 5.69. The van der Waals surface area contributed by atoms with Crippen molar-refractivity contribution in [1.29, 1.82) is 0 Å². The van der Waals surface area contributed by atoms with Gasteiger partial charge in [-0.05, 0) is 32.1 Å². The molecule has 0 aromatic heterocycles. The van der Waals surface area contributed by atoms with E-state index in [2.05, 4.69) is 13.2 Å². The number of carbonyl (C=O) groups is 6. The molecule has 3 unspecified atom stereocenters. The van der Waals surface area contributed by atoms with Gasteiger partial charge in [0.2, 0.25) is 0 Å². The van der Waals surface area contributed by atoms with E-state index in [1.54, 1.807) is 6.92 Å². The molecule has 0 spiro atoms. The highest BCUT2D eigenvalue weighted by molar-refractivity contribution is 5.97. The summed E-state index contributed by atoms with van der Waals surface area (Å²) in [5.74, 6) is -7.80. The van der Waals surface area contributed by atoms with Gasteiger partial charge in [-0.3, -0.25) is 19.2 Å². The van der Waals surface area contributed by atoms with Gasteiger partial charge in [0, 0.05) is 11.1 Å². The van der Waals surface area contributed by atoms with E-state index in [1.165, 1.54) is 0 Å². The van der Waals surface area contributed by atoms with Crippen LogP contribution in [0, 0.1) is 11.8 Å². The van der Waals surface area contributed by atoms with Crippen molar-refractivity contribution in [3.05, 3.63) is 24.3 Å². The Morgan fingerprint density at radius 3 is 1.26 bits per heavy atom. The summed E-state index contributed by atoms with van der Waals surface area (Å²) in [7, 11) is 0. The van der Waals surface area contributed by atoms with Gasteiger partial charge in [-0.2, -0.15) is 0 Å². The van der Waals surface area contributed by atoms with Crippen molar-refractivity contribution in [3.63, 3.8) is 0 Å². The first-order chi connectivity index (χ1) is 22.0. The Labute approximate surface area is 273 Å². The number of hydrogen-bond acceptors (Lipinski definition) is 12. The van der Waals surface area contributed by atoms with Gasteiger partial charge in [0.1, 0.15) is 12.7 Å². The monoisotopic (exact) mass is 654 g/mol. The van der Waals surface area contributed by atoms with Crippen LogP contribution in [0.3, 0.4) is 0 Å². The van der Waals surface area contributed by atoms with E-state index >= 15 is 0 Å². The zero-order chi connectivity index (χ0) is 34.9. The summed E-state index contributed by atoms with van der Waals surface area (Å²) in [6, 6.07) is 0. The first-order valence-electron chi connectivity index (χ1n) is 16.4. The second-order valence-electron chi connectivity index (χ2n) is 10.8. The van der Waals surface area contributed by atoms with Gasteiger partial charge >= 0.3 is 35.8 Å². The molecule has 0 fully saturated rings. The van der Waals surface area contributed by atoms with Gasteiger partial charge in [-0.15, -0.1) is 0 Å². The third kappa shape index (κ3) is 17.7. The largest absolute Gasteiger partial charge is 0.466 e. The van der Waals surface area contributed by atoms with Crippen LogP contribution < -0.4 is 0 Å². The number of carbonyl (C=O) groups excluding carboxylic acids is 6. The van der Waals surface area contributed by atoms with Crippen molar-refractivity contribution in [1.82, 2.24) is 0 Å². The molecule has 0 radical (unpaired) electrons. The van der Waals surface area contributed by atoms with Crippen LogP contribution in [-0.4, -0.2) is 75.0 Å². The molecule has 0 aliphatic carbocycles. The Hall–Kier alpha value is -3.70. The van der Waals surface area contributed by atoms with Crippen molar-refractivity contribution in [2.24, 2.45) is 11.8 Å². The Bertz CT molecular complexity index is 1000. The minimum Gasteiger partial charge on any atom is -0.466 e. The van der Waals surface area contributed by atoms with E-state index in [1.807, 2.05) is 27.7 Å². The molecular formula is C34H54O12. The van der Waals surface area contributed by atoms with Crippen molar-refractivity contribution < 1.29 is 57.2 Å². The van der Waals surface area contributed by atoms with E-state index in [0.717, 1.165) is 25.7 Å². The molecule has 0 bridgehead atoms. The molecule has 12 nitrogen and oxygen atoms in total. The highest BCUT2D eigenvalue weighted by atomic mass is 16.6. The van der Waals surface area contributed by atoms with Gasteiger partial charge in [0.05, 0.1) is 51.1 Å². The lowest BCUT2D eigenvalue weighted by atomic mass is 9.96. The van der Waals surface area contributed by atoms with Crippen LogP contribution >= 0.6 is 0 Å². The van der Waals surface area contributed by atoms with Gasteiger partial charge in [-0.1, -0.05) is 73.5 Å². The van der Waals surface area contributed by atoms with Gasteiger partial charge in [0.25, 0.3) is 0 Å². The van der Waals surface area contributed by atoms with Crippen LogP contribution in [0.4, 0.5) is 0 Å². The zero-order valence-electron chi connectivity index (χ0n) is 28.4.